The lowest BCUT2D eigenvalue weighted by atomic mass is 10.2. The van der Waals surface area contributed by atoms with Crippen LogP contribution in [0.4, 0.5) is 5.69 Å². The van der Waals surface area contributed by atoms with Crippen molar-refractivity contribution in [1.29, 1.82) is 0 Å². The van der Waals surface area contributed by atoms with Crippen molar-refractivity contribution in [3.8, 4) is 0 Å². The largest absolute Gasteiger partial charge is 0.481 e. The van der Waals surface area contributed by atoms with Crippen LogP contribution in [-0.4, -0.2) is 34.6 Å². The molecular weight excluding hydrogens is 322 g/mol. The van der Waals surface area contributed by atoms with Crippen LogP contribution in [0.25, 0.3) is 0 Å². The van der Waals surface area contributed by atoms with Gasteiger partial charge in [-0.05, 0) is 24.3 Å². The van der Waals surface area contributed by atoms with E-state index >= 15 is 0 Å². The Balaban J connectivity index is 2.01. The van der Waals surface area contributed by atoms with Crippen molar-refractivity contribution < 1.29 is 29.0 Å². The third-order valence-corrected chi connectivity index (χ3v) is 3.71. The highest BCUT2D eigenvalue weighted by Crippen LogP contribution is 2.23. The van der Waals surface area contributed by atoms with Crippen molar-refractivity contribution in [2.75, 3.05) is 11.1 Å². The predicted octanol–water partition coefficient (Wildman–Crippen LogP) is 2.00. The lowest BCUT2D eigenvalue weighted by Gasteiger charge is -2.29. The fourth-order valence-electron chi connectivity index (χ4n) is 1.73. The molecule has 0 aliphatic carbocycles. The number of anilines is 1. The number of ether oxygens (including phenoxy) is 2. The average molecular weight is 337 g/mol. The summed E-state index contributed by atoms with van der Waals surface area (Å²) in [6, 6.07) is 6.86. The van der Waals surface area contributed by atoms with Crippen molar-refractivity contribution in [3.63, 3.8) is 0 Å². The number of cyclic esters (lactones) is 2. The molecule has 122 valence electrons. The first kappa shape index (κ1) is 16.9. The second-order valence-electron chi connectivity index (χ2n) is 5.09. The summed E-state index contributed by atoms with van der Waals surface area (Å²) in [7, 11) is 0. The molecule has 0 aromatic heterocycles. The number of hydrogen-bond acceptors (Lipinski definition) is 7. The number of nitrogens with one attached hydrogen (secondary N) is 1. The zero-order valence-corrected chi connectivity index (χ0v) is 13.3. The Bertz CT molecular complexity index is 643. The Morgan fingerprint density at radius 2 is 1.78 bits per heavy atom. The van der Waals surface area contributed by atoms with Gasteiger partial charge < -0.3 is 19.9 Å². The summed E-state index contributed by atoms with van der Waals surface area (Å²) in [5, 5.41) is 11.4. The summed E-state index contributed by atoms with van der Waals surface area (Å²) in [6.07, 6.45) is 1.22. The molecule has 1 aromatic rings. The first-order valence-electron chi connectivity index (χ1n) is 6.65. The maximum Gasteiger partial charge on any atom is 0.350 e. The predicted molar refractivity (Wildman–Crippen MR) is 82.8 cm³/mol. The van der Waals surface area contributed by atoms with E-state index in [0.717, 1.165) is 4.90 Å². The van der Waals surface area contributed by atoms with Crippen LogP contribution >= 0.6 is 11.8 Å². The fourth-order valence-corrected chi connectivity index (χ4v) is 2.35. The van der Waals surface area contributed by atoms with Crippen LogP contribution in [0.2, 0.25) is 0 Å². The molecule has 0 spiro atoms. The van der Waals surface area contributed by atoms with Gasteiger partial charge in [-0.3, -0.25) is 4.79 Å². The van der Waals surface area contributed by atoms with Gasteiger partial charge in [0.1, 0.15) is 0 Å². The SMILES string of the molecule is CC1(C)OC(=O)C(=CNc2ccc(SCC(=O)O)cc2)C(=O)O1. The lowest BCUT2D eigenvalue weighted by molar-refractivity contribution is -0.222. The molecule has 0 radical (unpaired) electrons. The van der Waals surface area contributed by atoms with Gasteiger partial charge in [0.05, 0.1) is 5.75 Å². The molecular formula is C15H15NO6S. The van der Waals surface area contributed by atoms with Crippen molar-refractivity contribution >= 4 is 35.4 Å². The van der Waals surface area contributed by atoms with E-state index < -0.39 is 23.7 Å². The van der Waals surface area contributed by atoms with Gasteiger partial charge in [0.15, 0.2) is 5.57 Å². The number of carboxylic acids is 1. The first-order chi connectivity index (χ1) is 10.8. The van der Waals surface area contributed by atoms with Gasteiger partial charge in [-0.15, -0.1) is 11.8 Å². The summed E-state index contributed by atoms with van der Waals surface area (Å²) in [4.78, 5) is 34.8. The number of thioether (sulfide) groups is 1. The average Bonchev–Trinajstić information content (AvgIpc) is 2.44. The normalized spacial score (nSPS) is 16.3. The summed E-state index contributed by atoms with van der Waals surface area (Å²) >= 11 is 1.19. The van der Waals surface area contributed by atoms with Crippen molar-refractivity contribution in [2.45, 2.75) is 24.5 Å². The minimum absolute atomic E-state index is 0.0235. The number of rotatable bonds is 5. The minimum atomic E-state index is -1.27. The molecule has 1 saturated heterocycles. The molecule has 1 aliphatic heterocycles. The van der Waals surface area contributed by atoms with E-state index in [1.54, 1.807) is 24.3 Å². The number of aliphatic carboxylic acids is 1. The summed E-state index contributed by atoms with van der Waals surface area (Å²) in [6.45, 7) is 2.95. The van der Waals surface area contributed by atoms with Gasteiger partial charge in [0, 0.05) is 30.6 Å². The summed E-state index contributed by atoms with van der Waals surface area (Å²) in [5.74, 6) is -3.70. The summed E-state index contributed by atoms with van der Waals surface area (Å²) < 4.78 is 9.94. The molecule has 0 bridgehead atoms. The Kier molecular flexibility index (Phi) is 4.95. The van der Waals surface area contributed by atoms with E-state index in [2.05, 4.69) is 5.32 Å². The van der Waals surface area contributed by atoms with Crippen LogP contribution in [0.5, 0.6) is 0 Å². The molecule has 0 saturated carbocycles. The van der Waals surface area contributed by atoms with Gasteiger partial charge >= 0.3 is 17.9 Å². The van der Waals surface area contributed by atoms with E-state index in [1.165, 1.54) is 31.8 Å². The Hall–Kier alpha value is -2.48. The van der Waals surface area contributed by atoms with E-state index in [1.807, 2.05) is 0 Å². The van der Waals surface area contributed by atoms with Gasteiger partial charge in [-0.25, -0.2) is 9.59 Å². The van der Waals surface area contributed by atoms with Crippen LogP contribution in [0, 0.1) is 0 Å². The molecule has 1 heterocycles. The molecule has 2 N–H and O–H groups in total. The standard InChI is InChI=1S/C15H15NO6S/c1-15(2)21-13(19)11(14(20)22-15)7-16-9-3-5-10(6-4-9)23-8-12(17)18/h3-7,16H,8H2,1-2H3,(H,17,18). The smallest absolute Gasteiger partial charge is 0.350 e. The molecule has 8 heteroatoms. The molecule has 1 aromatic carbocycles. The van der Waals surface area contributed by atoms with Crippen molar-refractivity contribution in [2.24, 2.45) is 0 Å². The number of benzene rings is 1. The Morgan fingerprint density at radius 1 is 1.22 bits per heavy atom. The third-order valence-electron chi connectivity index (χ3n) is 2.72. The Labute approximate surface area is 136 Å². The zero-order chi connectivity index (χ0) is 17.0. The molecule has 1 aliphatic rings. The maximum atomic E-state index is 11.8. The lowest BCUT2D eigenvalue weighted by Crippen LogP contribution is -2.42. The van der Waals surface area contributed by atoms with Gasteiger partial charge in [0.25, 0.3) is 5.79 Å². The van der Waals surface area contributed by atoms with Crippen molar-refractivity contribution in [1.82, 2.24) is 0 Å². The van der Waals surface area contributed by atoms with Crippen LogP contribution in [-0.2, 0) is 23.9 Å². The molecule has 0 amide bonds. The number of hydrogen-bond donors (Lipinski definition) is 2. The molecule has 2 rings (SSSR count). The summed E-state index contributed by atoms with van der Waals surface area (Å²) in [5.41, 5.74) is 0.399. The van der Waals surface area contributed by atoms with Gasteiger partial charge in [-0.2, -0.15) is 0 Å². The number of carbonyl (C=O) groups excluding carboxylic acids is 2. The third kappa shape index (κ3) is 4.75. The van der Waals surface area contributed by atoms with Crippen molar-refractivity contribution in [3.05, 3.63) is 36.0 Å². The molecule has 0 unspecified atom stereocenters. The maximum absolute atomic E-state index is 11.8. The van der Waals surface area contributed by atoms with Gasteiger partial charge in [-0.1, -0.05) is 0 Å². The quantitative estimate of drug-likeness (QED) is 0.364. The number of carboxylic acid groups (broad SMARTS) is 1. The zero-order valence-electron chi connectivity index (χ0n) is 12.5. The van der Waals surface area contributed by atoms with E-state index in [-0.39, 0.29) is 11.3 Å². The molecule has 0 atom stereocenters. The van der Waals surface area contributed by atoms with Crippen LogP contribution in [0.1, 0.15) is 13.8 Å². The molecule has 1 fully saturated rings. The van der Waals surface area contributed by atoms with Gasteiger partial charge in [0.2, 0.25) is 0 Å². The number of esters is 2. The second-order valence-corrected chi connectivity index (χ2v) is 6.14. The highest BCUT2D eigenvalue weighted by Gasteiger charge is 2.38. The Morgan fingerprint density at radius 3 is 2.30 bits per heavy atom. The van der Waals surface area contributed by atoms with E-state index in [9.17, 15) is 14.4 Å². The van der Waals surface area contributed by atoms with E-state index in [4.69, 9.17) is 14.6 Å². The monoisotopic (exact) mass is 337 g/mol. The topological polar surface area (TPSA) is 102 Å². The highest BCUT2D eigenvalue weighted by atomic mass is 32.2. The van der Waals surface area contributed by atoms with Crippen LogP contribution < -0.4 is 5.32 Å². The second kappa shape index (κ2) is 6.74. The van der Waals surface area contributed by atoms with Crippen LogP contribution in [0.15, 0.2) is 40.9 Å². The molecule has 23 heavy (non-hydrogen) atoms. The highest BCUT2D eigenvalue weighted by molar-refractivity contribution is 8.00. The minimum Gasteiger partial charge on any atom is -0.481 e. The van der Waals surface area contributed by atoms with Crippen LogP contribution in [0.3, 0.4) is 0 Å². The first-order valence-corrected chi connectivity index (χ1v) is 7.63. The number of carbonyl (C=O) groups is 3. The molecule has 7 nitrogen and oxygen atoms in total. The van der Waals surface area contributed by atoms with E-state index in [0.29, 0.717) is 5.69 Å². The fraction of sp³-hybridized carbons (Fsp3) is 0.267.